The van der Waals surface area contributed by atoms with Crippen molar-refractivity contribution in [2.24, 2.45) is 10.2 Å². The van der Waals surface area contributed by atoms with Crippen LogP contribution in [0.2, 0.25) is 0 Å². The minimum Gasteiger partial charge on any atom is -0.505 e. The molecule has 0 unspecified atom stereocenters. The molecule has 4 aromatic carbocycles. The average Bonchev–Trinajstić information content (AvgIpc) is 3.18. The fraction of sp³-hybridized carbons (Fsp3) is 0.0357. The van der Waals surface area contributed by atoms with Crippen LogP contribution in [-0.4, -0.2) is 25.9 Å². The predicted octanol–water partition coefficient (Wildman–Crippen LogP) is 7.84. The second-order valence-corrected chi connectivity index (χ2v) is 8.33. The van der Waals surface area contributed by atoms with Crippen LogP contribution in [0.4, 0.5) is 24.5 Å². The molecule has 3 N–H and O–H groups in total. The number of hydrogen-bond acceptors (Lipinski definition) is 5. The molecule has 38 heavy (non-hydrogen) atoms. The van der Waals surface area contributed by atoms with Gasteiger partial charge in [-0.2, -0.15) is 13.2 Å². The zero-order valence-electron chi connectivity index (χ0n) is 19.4. The van der Waals surface area contributed by atoms with Gasteiger partial charge < -0.3 is 15.3 Å². The lowest BCUT2D eigenvalue weighted by atomic mass is 10.0. The summed E-state index contributed by atoms with van der Waals surface area (Å²) in [6.07, 6.45) is -4.50. The zero-order chi connectivity index (χ0) is 27.0. The van der Waals surface area contributed by atoms with Gasteiger partial charge in [-0.05, 0) is 54.1 Å². The summed E-state index contributed by atoms with van der Waals surface area (Å²) in [5.41, 5.74) is 0.920. The lowest BCUT2D eigenvalue weighted by Crippen LogP contribution is -2.04. The van der Waals surface area contributed by atoms with Gasteiger partial charge in [-0.3, -0.25) is 4.57 Å². The monoisotopic (exact) mass is 517 g/mol. The maximum Gasteiger partial charge on any atom is 0.416 e. The van der Waals surface area contributed by atoms with Gasteiger partial charge in [-0.1, -0.05) is 42.5 Å². The number of fused-ring (bicyclic) bond motifs is 1. The highest BCUT2D eigenvalue weighted by molar-refractivity contribution is 5.96. The van der Waals surface area contributed by atoms with Crippen molar-refractivity contribution in [3.63, 3.8) is 0 Å². The molecule has 5 aromatic rings. The maximum atomic E-state index is 13.0. The third-order valence-corrected chi connectivity index (χ3v) is 5.97. The molecular formula is C28H18F3N3O4. The van der Waals surface area contributed by atoms with Crippen molar-refractivity contribution in [2.75, 3.05) is 0 Å². The van der Waals surface area contributed by atoms with Gasteiger partial charge in [0.2, 0.25) is 5.88 Å². The van der Waals surface area contributed by atoms with Crippen molar-refractivity contribution in [1.82, 2.24) is 4.57 Å². The first kappa shape index (κ1) is 24.6. The molecule has 0 atom stereocenters. The van der Waals surface area contributed by atoms with Crippen LogP contribution < -0.4 is 0 Å². The van der Waals surface area contributed by atoms with E-state index in [-0.39, 0.29) is 34.3 Å². The number of carbonyl (C=O) groups is 1. The number of azo groups is 1. The predicted molar refractivity (Wildman–Crippen MR) is 135 cm³/mol. The minimum absolute atomic E-state index is 0.0509. The number of hydrogen-bond donors (Lipinski definition) is 3. The van der Waals surface area contributed by atoms with Crippen LogP contribution in [0, 0.1) is 0 Å². The molecule has 1 aromatic heterocycles. The number of halogens is 3. The van der Waals surface area contributed by atoms with Crippen molar-refractivity contribution < 1.29 is 33.3 Å². The van der Waals surface area contributed by atoms with Crippen molar-refractivity contribution in [2.45, 2.75) is 6.18 Å². The van der Waals surface area contributed by atoms with Crippen molar-refractivity contribution in [3.05, 3.63) is 102 Å². The standard InChI is InChI=1S/C28H18F3N3O4/c29-28(30,31)18-11-13-19(14-12-18)34-23-10-2-1-7-21(23)24(26(34)36)33-32-22-9-4-8-20(25(22)35)16-5-3-6-17(15-16)27(37)38/h1-15,35-36H,(H,37,38). The summed E-state index contributed by atoms with van der Waals surface area (Å²) in [5, 5.41) is 39.9. The molecule has 0 amide bonds. The Morgan fingerprint density at radius 2 is 1.53 bits per heavy atom. The van der Waals surface area contributed by atoms with E-state index in [9.17, 15) is 33.3 Å². The van der Waals surface area contributed by atoms with E-state index in [2.05, 4.69) is 10.2 Å². The quantitative estimate of drug-likeness (QED) is 0.206. The Kier molecular flexibility index (Phi) is 6.08. The van der Waals surface area contributed by atoms with Crippen molar-refractivity contribution in [1.29, 1.82) is 0 Å². The summed E-state index contributed by atoms with van der Waals surface area (Å²) in [5.74, 6) is -1.70. The summed E-state index contributed by atoms with van der Waals surface area (Å²) >= 11 is 0. The maximum absolute atomic E-state index is 13.0. The van der Waals surface area contributed by atoms with E-state index in [0.717, 1.165) is 12.1 Å². The highest BCUT2D eigenvalue weighted by Gasteiger charge is 2.30. The van der Waals surface area contributed by atoms with E-state index < -0.39 is 17.7 Å². The van der Waals surface area contributed by atoms with E-state index in [1.165, 1.54) is 34.9 Å². The van der Waals surface area contributed by atoms with Gasteiger partial charge in [0.15, 0.2) is 11.4 Å². The fourth-order valence-electron chi connectivity index (χ4n) is 4.14. The molecular weight excluding hydrogens is 499 g/mol. The van der Waals surface area contributed by atoms with E-state index in [0.29, 0.717) is 22.0 Å². The Labute approximate surface area is 213 Å². The van der Waals surface area contributed by atoms with Gasteiger partial charge in [0, 0.05) is 16.6 Å². The molecule has 0 spiro atoms. The molecule has 0 aliphatic rings. The smallest absolute Gasteiger partial charge is 0.416 e. The summed E-state index contributed by atoms with van der Waals surface area (Å²) in [6, 6.07) is 21.9. The first-order valence-electron chi connectivity index (χ1n) is 11.2. The highest BCUT2D eigenvalue weighted by Crippen LogP contribution is 2.43. The normalized spacial score (nSPS) is 11.9. The number of phenols is 1. The highest BCUT2D eigenvalue weighted by atomic mass is 19.4. The van der Waals surface area contributed by atoms with Crippen molar-refractivity contribution in [3.8, 4) is 28.4 Å². The van der Waals surface area contributed by atoms with Crippen LogP contribution in [0.25, 0.3) is 27.7 Å². The molecule has 10 heteroatoms. The number of rotatable bonds is 5. The van der Waals surface area contributed by atoms with Gasteiger partial charge in [0.05, 0.1) is 16.6 Å². The Morgan fingerprint density at radius 3 is 2.24 bits per heavy atom. The van der Waals surface area contributed by atoms with Crippen LogP contribution in [0.1, 0.15) is 15.9 Å². The number of aromatic hydroxyl groups is 2. The van der Waals surface area contributed by atoms with E-state index >= 15 is 0 Å². The van der Waals surface area contributed by atoms with Crippen LogP contribution in [0.15, 0.2) is 101 Å². The first-order valence-corrected chi connectivity index (χ1v) is 11.2. The average molecular weight is 517 g/mol. The molecule has 5 rings (SSSR count). The number of carboxylic acid groups (broad SMARTS) is 1. The summed E-state index contributed by atoms with van der Waals surface area (Å²) in [4.78, 5) is 11.3. The third kappa shape index (κ3) is 4.43. The lowest BCUT2D eigenvalue weighted by Gasteiger charge is -2.10. The number of phenolic OH excluding ortho intramolecular Hbond substituents is 1. The van der Waals surface area contributed by atoms with Crippen LogP contribution in [-0.2, 0) is 6.18 Å². The van der Waals surface area contributed by atoms with Gasteiger partial charge in [-0.25, -0.2) is 4.79 Å². The number of alkyl halides is 3. The number of benzene rings is 4. The summed E-state index contributed by atoms with van der Waals surface area (Å²) < 4.78 is 40.4. The Balaban J connectivity index is 1.57. The number of aromatic carboxylic acids is 1. The lowest BCUT2D eigenvalue weighted by molar-refractivity contribution is -0.137. The largest absolute Gasteiger partial charge is 0.505 e. The second kappa shape index (κ2) is 9.40. The van der Waals surface area contributed by atoms with Crippen LogP contribution >= 0.6 is 0 Å². The molecule has 1 heterocycles. The molecule has 0 aliphatic heterocycles. The summed E-state index contributed by atoms with van der Waals surface area (Å²) in [7, 11) is 0. The van der Waals surface area contributed by atoms with E-state index in [1.54, 1.807) is 48.5 Å². The number of carboxylic acids is 1. The summed E-state index contributed by atoms with van der Waals surface area (Å²) in [6.45, 7) is 0. The van der Waals surface area contributed by atoms with Crippen LogP contribution in [0.3, 0.4) is 0 Å². The Morgan fingerprint density at radius 1 is 0.816 bits per heavy atom. The zero-order valence-corrected chi connectivity index (χ0v) is 19.4. The Hall–Kier alpha value is -5.12. The molecule has 0 bridgehead atoms. The molecule has 0 aliphatic carbocycles. The Bertz CT molecular complexity index is 1710. The topological polar surface area (TPSA) is 107 Å². The molecule has 0 fully saturated rings. The first-order chi connectivity index (χ1) is 18.1. The van der Waals surface area contributed by atoms with Gasteiger partial charge in [-0.15, -0.1) is 10.2 Å². The molecule has 190 valence electrons. The molecule has 0 radical (unpaired) electrons. The number of aromatic nitrogens is 1. The van der Waals surface area contributed by atoms with Crippen molar-refractivity contribution >= 4 is 28.2 Å². The van der Waals surface area contributed by atoms with Crippen LogP contribution in [0.5, 0.6) is 11.6 Å². The molecule has 0 saturated carbocycles. The fourth-order valence-corrected chi connectivity index (χ4v) is 4.14. The SMILES string of the molecule is O=C(O)c1cccc(-c2cccc(N=Nc3c(O)n(-c4ccc(C(F)(F)F)cc4)c4ccccc34)c2O)c1. The van der Waals surface area contributed by atoms with E-state index in [4.69, 9.17) is 0 Å². The van der Waals surface area contributed by atoms with Gasteiger partial charge in [0.1, 0.15) is 5.69 Å². The molecule has 0 saturated heterocycles. The van der Waals surface area contributed by atoms with E-state index in [1.807, 2.05) is 0 Å². The second-order valence-electron chi connectivity index (χ2n) is 8.33. The van der Waals surface area contributed by atoms with Gasteiger partial charge in [0.25, 0.3) is 0 Å². The number of nitrogens with zero attached hydrogens (tertiary/aromatic N) is 3. The number of para-hydroxylation sites is 2. The minimum atomic E-state index is -4.50. The third-order valence-electron chi connectivity index (χ3n) is 5.97. The molecule has 7 nitrogen and oxygen atoms in total. The van der Waals surface area contributed by atoms with Gasteiger partial charge >= 0.3 is 12.1 Å².